The lowest BCUT2D eigenvalue weighted by Crippen LogP contribution is -1.87. The van der Waals surface area contributed by atoms with Crippen molar-refractivity contribution in [2.24, 2.45) is 7.05 Å². The first-order chi connectivity index (χ1) is 10.3. The molecule has 0 saturated heterocycles. The molecule has 2 aromatic carbocycles. The zero-order valence-corrected chi connectivity index (χ0v) is 11.3. The van der Waals surface area contributed by atoms with Crippen molar-refractivity contribution in [3.8, 4) is 0 Å². The summed E-state index contributed by atoms with van der Waals surface area (Å²) < 4.78 is 2.04. The fourth-order valence-corrected chi connectivity index (χ4v) is 3.10. The number of rotatable bonds is 0. The van der Waals surface area contributed by atoms with Crippen LogP contribution < -0.4 is 0 Å². The van der Waals surface area contributed by atoms with Crippen molar-refractivity contribution in [2.45, 2.75) is 0 Å². The maximum atomic E-state index is 4.45. The molecule has 0 atom stereocenters. The number of nitrogens with zero attached hydrogens (tertiary/aromatic N) is 4. The number of aromatic nitrogens is 5. The molecule has 100 valence electrons. The van der Waals surface area contributed by atoms with E-state index in [0.29, 0.717) is 0 Å². The number of fused-ring (bicyclic) bond motifs is 7. The summed E-state index contributed by atoms with van der Waals surface area (Å²) in [6.07, 6.45) is 5.38. The molecule has 5 aromatic rings. The Kier molecular flexibility index (Phi) is 1.84. The van der Waals surface area contributed by atoms with Gasteiger partial charge in [-0.05, 0) is 23.6 Å². The maximum absolute atomic E-state index is 4.45. The molecule has 0 aliphatic rings. The quantitative estimate of drug-likeness (QED) is 0.441. The summed E-state index contributed by atoms with van der Waals surface area (Å²) in [4.78, 5) is 16.6. The Morgan fingerprint density at radius 3 is 2.86 bits per heavy atom. The zero-order chi connectivity index (χ0) is 14.0. The first kappa shape index (κ1) is 10.8. The maximum Gasteiger partial charge on any atom is 0.117 e. The van der Waals surface area contributed by atoms with Crippen molar-refractivity contribution < 1.29 is 0 Å². The molecule has 0 spiro atoms. The van der Waals surface area contributed by atoms with Gasteiger partial charge in [0.05, 0.1) is 22.9 Å². The Balaban J connectivity index is 2.19. The average Bonchev–Trinajstić information content (AvgIpc) is 3.14. The topological polar surface area (TPSA) is 59.4 Å². The van der Waals surface area contributed by atoms with Gasteiger partial charge < -0.3 is 9.55 Å². The number of H-pyrrole nitrogens is 1. The van der Waals surface area contributed by atoms with Gasteiger partial charge in [-0.25, -0.2) is 15.0 Å². The molecule has 3 heterocycles. The molecule has 5 rings (SSSR count). The van der Waals surface area contributed by atoms with Crippen molar-refractivity contribution >= 4 is 43.7 Å². The highest BCUT2D eigenvalue weighted by molar-refractivity contribution is 6.23. The van der Waals surface area contributed by atoms with Crippen LogP contribution in [-0.4, -0.2) is 24.5 Å². The van der Waals surface area contributed by atoms with Gasteiger partial charge in [0, 0.05) is 24.0 Å². The minimum Gasteiger partial charge on any atom is -0.359 e. The molecule has 0 amide bonds. The van der Waals surface area contributed by atoms with Gasteiger partial charge in [-0.15, -0.1) is 0 Å². The molecule has 0 fully saturated rings. The number of aryl methyl sites for hydroxylation is 1. The second-order valence-electron chi connectivity index (χ2n) is 5.27. The van der Waals surface area contributed by atoms with Gasteiger partial charge in [0.15, 0.2) is 0 Å². The molecule has 21 heavy (non-hydrogen) atoms. The third-order valence-corrected chi connectivity index (χ3v) is 4.10. The third kappa shape index (κ3) is 1.27. The van der Waals surface area contributed by atoms with E-state index in [9.17, 15) is 0 Å². The molecular weight excluding hydrogens is 262 g/mol. The van der Waals surface area contributed by atoms with Gasteiger partial charge in [0.2, 0.25) is 0 Å². The van der Waals surface area contributed by atoms with E-state index >= 15 is 0 Å². The Labute approximate surface area is 119 Å². The molecule has 0 unspecified atom stereocenters. The first-order valence-corrected chi connectivity index (χ1v) is 6.77. The summed E-state index contributed by atoms with van der Waals surface area (Å²) in [5, 5.41) is 3.43. The van der Waals surface area contributed by atoms with Crippen LogP contribution >= 0.6 is 0 Å². The number of hydrogen-bond donors (Lipinski definition) is 1. The largest absolute Gasteiger partial charge is 0.359 e. The molecule has 5 nitrogen and oxygen atoms in total. The fourth-order valence-electron chi connectivity index (χ4n) is 3.10. The molecular formula is C16H11N5. The van der Waals surface area contributed by atoms with E-state index in [2.05, 4.69) is 38.1 Å². The minimum absolute atomic E-state index is 0.911. The summed E-state index contributed by atoms with van der Waals surface area (Å²) in [5.74, 6) is 0. The number of imidazole rings is 2. The highest BCUT2D eigenvalue weighted by atomic mass is 15.0. The van der Waals surface area contributed by atoms with E-state index < -0.39 is 0 Å². The van der Waals surface area contributed by atoms with Crippen LogP contribution in [0.5, 0.6) is 0 Å². The molecule has 0 aliphatic heterocycles. The van der Waals surface area contributed by atoms with Crippen molar-refractivity contribution in [1.82, 2.24) is 24.5 Å². The number of benzene rings is 2. The Bertz CT molecular complexity index is 1150. The van der Waals surface area contributed by atoms with Crippen LogP contribution in [-0.2, 0) is 7.05 Å². The molecule has 5 heteroatoms. The lowest BCUT2D eigenvalue weighted by Gasteiger charge is -2.06. The zero-order valence-electron chi connectivity index (χ0n) is 11.3. The van der Waals surface area contributed by atoms with Crippen molar-refractivity contribution in [3.05, 3.63) is 43.1 Å². The van der Waals surface area contributed by atoms with Crippen LogP contribution in [0.15, 0.2) is 43.1 Å². The standard InChI is InChI=1S/C16H11N5/c1-21-8-20-12-5-11-10(6-13(12)21)9-3-2-4-17-14(9)16-15(11)18-7-19-16/h2-8,17H,1H3. The van der Waals surface area contributed by atoms with Gasteiger partial charge in [-0.2, -0.15) is 0 Å². The summed E-state index contributed by atoms with van der Waals surface area (Å²) in [5.41, 5.74) is 4.96. The summed E-state index contributed by atoms with van der Waals surface area (Å²) in [6, 6.07) is 8.41. The van der Waals surface area contributed by atoms with Gasteiger partial charge in [0.25, 0.3) is 0 Å². The highest BCUT2D eigenvalue weighted by Crippen LogP contribution is 2.34. The van der Waals surface area contributed by atoms with E-state index in [1.165, 1.54) is 5.39 Å². The van der Waals surface area contributed by atoms with Crippen LogP contribution in [0.3, 0.4) is 0 Å². The van der Waals surface area contributed by atoms with Gasteiger partial charge in [-0.3, -0.25) is 0 Å². The second-order valence-corrected chi connectivity index (χ2v) is 5.27. The monoisotopic (exact) mass is 273 g/mol. The SMILES string of the molecule is Cn1cnc2cc3c(cc21)c1ccc[nH]c1c1ncnc31. The average molecular weight is 273 g/mol. The Morgan fingerprint density at radius 1 is 1.00 bits per heavy atom. The molecule has 1 N–H and O–H groups in total. The van der Waals surface area contributed by atoms with Crippen LogP contribution in [0.2, 0.25) is 0 Å². The van der Waals surface area contributed by atoms with Gasteiger partial charge in [0.1, 0.15) is 17.4 Å². The molecule has 0 saturated carbocycles. The summed E-state index contributed by atoms with van der Waals surface area (Å²) in [6.45, 7) is 0. The summed E-state index contributed by atoms with van der Waals surface area (Å²) >= 11 is 0. The number of aromatic amines is 1. The van der Waals surface area contributed by atoms with Gasteiger partial charge in [-0.1, -0.05) is 6.07 Å². The molecule has 0 bridgehead atoms. The Morgan fingerprint density at radius 2 is 1.90 bits per heavy atom. The molecule has 0 aliphatic carbocycles. The van der Waals surface area contributed by atoms with E-state index in [1.54, 1.807) is 6.33 Å². The van der Waals surface area contributed by atoms with Gasteiger partial charge >= 0.3 is 0 Å². The second kappa shape index (κ2) is 3.58. The fraction of sp³-hybridized carbons (Fsp3) is 0.0625. The minimum atomic E-state index is 0.911. The number of hydrogen-bond acceptors (Lipinski definition) is 3. The molecule has 3 aromatic heterocycles. The van der Waals surface area contributed by atoms with Crippen LogP contribution in [0.25, 0.3) is 43.7 Å². The van der Waals surface area contributed by atoms with Crippen LogP contribution in [0.1, 0.15) is 0 Å². The van der Waals surface area contributed by atoms with Crippen LogP contribution in [0.4, 0.5) is 0 Å². The number of pyridine rings is 1. The summed E-state index contributed by atoms with van der Waals surface area (Å²) in [7, 11) is 2.01. The van der Waals surface area contributed by atoms with E-state index in [-0.39, 0.29) is 0 Å². The first-order valence-electron chi connectivity index (χ1n) is 6.77. The third-order valence-electron chi connectivity index (χ3n) is 4.10. The van der Waals surface area contributed by atoms with E-state index in [1.807, 2.05) is 30.2 Å². The lowest BCUT2D eigenvalue weighted by molar-refractivity contribution is 0.948. The van der Waals surface area contributed by atoms with Crippen molar-refractivity contribution in [2.75, 3.05) is 0 Å². The lowest BCUT2D eigenvalue weighted by atomic mass is 10.0. The van der Waals surface area contributed by atoms with E-state index in [4.69, 9.17) is 0 Å². The predicted molar refractivity (Wildman–Crippen MR) is 83.2 cm³/mol. The number of nitrogens with one attached hydrogen (secondary N) is 1. The van der Waals surface area contributed by atoms with E-state index in [0.717, 1.165) is 38.4 Å². The smallest absolute Gasteiger partial charge is 0.117 e. The van der Waals surface area contributed by atoms with Crippen molar-refractivity contribution in [3.63, 3.8) is 0 Å². The Hall–Kier alpha value is -2.95. The normalized spacial score (nSPS) is 12.0. The van der Waals surface area contributed by atoms with Crippen LogP contribution in [0, 0.1) is 0 Å². The predicted octanol–water partition coefficient (Wildman–Crippen LogP) is 3.15. The van der Waals surface area contributed by atoms with Crippen molar-refractivity contribution in [1.29, 1.82) is 0 Å². The molecule has 0 radical (unpaired) electrons. The highest BCUT2D eigenvalue weighted by Gasteiger charge is 2.13.